The first-order valence-corrected chi connectivity index (χ1v) is 7.92. The molecule has 1 aliphatic carbocycles. The molecule has 0 spiro atoms. The van der Waals surface area contributed by atoms with Crippen LogP contribution in [-0.4, -0.2) is 30.3 Å². The quantitative estimate of drug-likeness (QED) is 0.762. The lowest BCUT2D eigenvalue weighted by molar-refractivity contribution is -0.123. The van der Waals surface area contributed by atoms with E-state index in [2.05, 4.69) is 18.7 Å². The van der Waals surface area contributed by atoms with E-state index in [0.29, 0.717) is 11.7 Å². The lowest BCUT2D eigenvalue weighted by atomic mass is 9.89. The SMILES string of the molecule is CC(C)C1CCCN(CC(=O)C2CCCC2)CC1. The van der Waals surface area contributed by atoms with Crippen LogP contribution in [0.15, 0.2) is 0 Å². The highest BCUT2D eigenvalue weighted by atomic mass is 16.1. The fourth-order valence-electron chi connectivity index (χ4n) is 3.60. The molecule has 1 saturated heterocycles. The molecule has 0 radical (unpaired) electrons. The van der Waals surface area contributed by atoms with Crippen LogP contribution in [0.5, 0.6) is 0 Å². The molecule has 2 fully saturated rings. The third-order valence-electron chi connectivity index (χ3n) is 5.00. The second kappa shape index (κ2) is 6.70. The predicted molar refractivity (Wildman–Crippen MR) is 75.6 cm³/mol. The van der Waals surface area contributed by atoms with E-state index in [9.17, 15) is 4.79 Å². The summed E-state index contributed by atoms with van der Waals surface area (Å²) in [6, 6.07) is 0. The molecular weight excluding hydrogens is 222 g/mol. The Hall–Kier alpha value is -0.370. The zero-order valence-electron chi connectivity index (χ0n) is 12.2. The molecule has 0 bridgehead atoms. The van der Waals surface area contributed by atoms with Gasteiger partial charge >= 0.3 is 0 Å². The molecule has 2 rings (SSSR count). The number of rotatable bonds is 4. The average Bonchev–Trinajstić information content (AvgIpc) is 2.77. The molecule has 2 aliphatic rings. The van der Waals surface area contributed by atoms with E-state index >= 15 is 0 Å². The molecule has 2 heteroatoms. The first-order valence-electron chi connectivity index (χ1n) is 7.92. The second-order valence-corrected chi connectivity index (χ2v) is 6.66. The summed E-state index contributed by atoms with van der Waals surface area (Å²) < 4.78 is 0. The Labute approximate surface area is 112 Å². The van der Waals surface area contributed by atoms with Crippen LogP contribution in [0.25, 0.3) is 0 Å². The van der Waals surface area contributed by atoms with E-state index < -0.39 is 0 Å². The molecule has 2 nitrogen and oxygen atoms in total. The van der Waals surface area contributed by atoms with Crippen LogP contribution in [0, 0.1) is 17.8 Å². The standard InChI is InChI=1S/C16H29NO/c1-13(2)14-8-5-10-17(11-9-14)12-16(18)15-6-3-4-7-15/h13-15H,3-12H2,1-2H3. The van der Waals surface area contributed by atoms with Crippen molar-refractivity contribution in [1.29, 1.82) is 0 Å². The Balaban J connectivity index is 1.77. The van der Waals surface area contributed by atoms with Gasteiger partial charge in [0.25, 0.3) is 0 Å². The highest BCUT2D eigenvalue weighted by Crippen LogP contribution is 2.27. The van der Waals surface area contributed by atoms with Crippen LogP contribution in [0.2, 0.25) is 0 Å². The second-order valence-electron chi connectivity index (χ2n) is 6.66. The highest BCUT2D eigenvalue weighted by molar-refractivity contribution is 5.83. The maximum Gasteiger partial charge on any atom is 0.149 e. The minimum Gasteiger partial charge on any atom is -0.298 e. The van der Waals surface area contributed by atoms with Crippen molar-refractivity contribution in [3.05, 3.63) is 0 Å². The molecule has 104 valence electrons. The molecule has 0 aromatic heterocycles. The molecular formula is C16H29NO. The molecule has 1 aliphatic heterocycles. The molecule has 18 heavy (non-hydrogen) atoms. The van der Waals surface area contributed by atoms with Gasteiger partial charge < -0.3 is 0 Å². The highest BCUT2D eigenvalue weighted by Gasteiger charge is 2.26. The van der Waals surface area contributed by atoms with Crippen molar-refractivity contribution in [2.24, 2.45) is 17.8 Å². The van der Waals surface area contributed by atoms with Crippen molar-refractivity contribution in [3.8, 4) is 0 Å². The van der Waals surface area contributed by atoms with Gasteiger partial charge in [-0.2, -0.15) is 0 Å². The van der Waals surface area contributed by atoms with E-state index in [4.69, 9.17) is 0 Å². The predicted octanol–water partition coefficient (Wildman–Crippen LogP) is 3.50. The summed E-state index contributed by atoms with van der Waals surface area (Å²) in [6.07, 6.45) is 8.77. The molecule has 0 aromatic carbocycles. The van der Waals surface area contributed by atoms with Crippen LogP contribution >= 0.6 is 0 Å². The zero-order chi connectivity index (χ0) is 13.0. The van der Waals surface area contributed by atoms with Crippen molar-refractivity contribution in [3.63, 3.8) is 0 Å². The van der Waals surface area contributed by atoms with E-state index in [1.54, 1.807) is 0 Å². The van der Waals surface area contributed by atoms with Gasteiger partial charge in [0.2, 0.25) is 0 Å². The largest absolute Gasteiger partial charge is 0.298 e. The smallest absolute Gasteiger partial charge is 0.149 e. The minimum atomic E-state index is 0.397. The van der Waals surface area contributed by atoms with E-state index in [0.717, 1.165) is 44.3 Å². The van der Waals surface area contributed by atoms with Gasteiger partial charge in [0.1, 0.15) is 5.78 Å². The summed E-state index contributed by atoms with van der Waals surface area (Å²) in [6.45, 7) is 7.69. The van der Waals surface area contributed by atoms with Gasteiger partial charge in [-0.25, -0.2) is 0 Å². The lowest BCUT2D eigenvalue weighted by Gasteiger charge is -2.21. The number of Topliss-reactive ketones (excluding diaryl/α,β-unsaturated/α-hetero) is 1. The summed E-state index contributed by atoms with van der Waals surface area (Å²) in [5.41, 5.74) is 0. The number of carbonyl (C=O) groups is 1. The van der Waals surface area contributed by atoms with E-state index in [1.807, 2.05) is 0 Å². The lowest BCUT2D eigenvalue weighted by Crippen LogP contribution is -2.33. The van der Waals surface area contributed by atoms with Gasteiger partial charge in [-0.3, -0.25) is 9.69 Å². The molecule has 1 unspecified atom stereocenters. The van der Waals surface area contributed by atoms with Crippen molar-refractivity contribution in [1.82, 2.24) is 4.90 Å². The number of nitrogens with zero attached hydrogens (tertiary/aromatic N) is 1. The first-order chi connectivity index (χ1) is 8.66. The van der Waals surface area contributed by atoms with Gasteiger partial charge in [0.15, 0.2) is 0 Å². The topological polar surface area (TPSA) is 20.3 Å². The number of ketones is 1. The maximum atomic E-state index is 12.2. The molecule has 0 amide bonds. The average molecular weight is 251 g/mol. The number of hydrogen-bond donors (Lipinski definition) is 0. The fourth-order valence-corrected chi connectivity index (χ4v) is 3.60. The third-order valence-corrected chi connectivity index (χ3v) is 5.00. The normalized spacial score (nSPS) is 27.6. The van der Waals surface area contributed by atoms with Crippen LogP contribution in [0.4, 0.5) is 0 Å². The van der Waals surface area contributed by atoms with Crippen molar-refractivity contribution in [2.45, 2.75) is 58.8 Å². The monoisotopic (exact) mass is 251 g/mol. The zero-order valence-corrected chi connectivity index (χ0v) is 12.2. The van der Waals surface area contributed by atoms with Crippen LogP contribution in [-0.2, 0) is 4.79 Å². The van der Waals surface area contributed by atoms with Crippen LogP contribution < -0.4 is 0 Å². The van der Waals surface area contributed by atoms with Gasteiger partial charge in [-0.05, 0) is 57.0 Å². The summed E-state index contributed by atoms with van der Waals surface area (Å²) in [7, 11) is 0. The molecule has 1 heterocycles. The number of likely N-dealkylation sites (tertiary alicyclic amines) is 1. The van der Waals surface area contributed by atoms with Crippen molar-refractivity contribution in [2.75, 3.05) is 19.6 Å². The molecule has 1 saturated carbocycles. The Kier molecular flexibility index (Phi) is 5.23. The summed E-state index contributed by atoms with van der Waals surface area (Å²) in [5.74, 6) is 2.59. The summed E-state index contributed by atoms with van der Waals surface area (Å²) in [4.78, 5) is 14.6. The van der Waals surface area contributed by atoms with Crippen LogP contribution in [0.1, 0.15) is 58.8 Å². The van der Waals surface area contributed by atoms with Crippen molar-refractivity contribution >= 4 is 5.78 Å². The van der Waals surface area contributed by atoms with Crippen molar-refractivity contribution < 1.29 is 4.79 Å². The van der Waals surface area contributed by atoms with Gasteiger partial charge in [-0.15, -0.1) is 0 Å². The van der Waals surface area contributed by atoms with Gasteiger partial charge in [0.05, 0.1) is 6.54 Å². The van der Waals surface area contributed by atoms with E-state index in [-0.39, 0.29) is 0 Å². The Bertz CT molecular complexity index is 268. The minimum absolute atomic E-state index is 0.397. The Morgan fingerprint density at radius 1 is 1.06 bits per heavy atom. The maximum absolute atomic E-state index is 12.2. The Morgan fingerprint density at radius 3 is 2.44 bits per heavy atom. The third kappa shape index (κ3) is 3.81. The molecule has 0 aromatic rings. The van der Waals surface area contributed by atoms with Gasteiger partial charge in [-0.1, -0.05) is 26.7 Å². The van der Waals surface area contributed by atoms with Crippen LogP contribution in [0.3, 0.4) is 0 Å². The number of carbonyl (C=O) groups excluding carboxylic acids is 1. The number of hydrogen-bond acceptors (Lipinski definition) is 2. The molecule has 0 N–H and O–H groups in total. The molecule has 1 atom stereocenters. The summed E-state index contributed by atoms with van der Waals surface area (Å²) in [5, 5.41) is 0. The Morgan fingerprint density at radius 2 is 1.78 bits per heavy atom. The van der Waals surface area contributed by atoms with Gasteiger partial charge in [0, 0.05) is 5.92 Å². The fraction of sp³-hybridized carbons (Fsp3) is 0.938. The van der Waals surface area contributed by atoms with E-state index in [1.165, 1.54) is 32.1 Å². The summed E-state index contributed by atoms with van der Waals surface area (Å²) >= 11 is 0. The first kappa shape index (κ1) is 14.0.